The smallest absolute Gasteiger partial charge is 0.261 e. The molecule has 1 amide bonds. The fourth-order valence-corrected chi connectivity index (χ4v) is 3.64. The largest absolute Gasteiger partial charge is 0.300 e. The maximum absolute atomic E-state index is 12.4. The van der Waals surface area contributed by atoms with Crippen molar-refractivity contribution >= 4 is 55.1 Å². The number of hydrogen-bond acceptors (Lipinski definition) is 5. The van der Waals surface area contributed by atoms with Gasteiger partial charge in [0.05, 0.1) is 27.4 Å². The Hall–Kier alpha value is -2.77. The molecule has 124 valence electrons. The summed E-state index contributed by atoms with van der Waals surface area (Å²) in [5.74, 6) is -0.343. The van der Waals surface area contributed by atoms with E-state index in [-0.39, 0.29) is 18.0 Å². The summed E-state index contributed by atoms with van der Waals surface area (Å²) in [6.45, 7) is -0.132. The molecule has 2 heterocycles. The van der Waals surface area contributed by atoms with Gasteiger partial charge in [0.2, 0.25) is 5.91 Å². The second-order valence-electron chi connectivity index (χ2n) is 5.37. The van der Waals surface area contributed by atoms with E-state index >= 15 is 0 Å². The van der Waals surface area contributed by atoms with E-state index in [1.165, 1.54) is 22.2 Å². The van der Waals surface area contributed by atoms with Crippen molar-refractivity contribution in [2.24, 2.45) is 0 Å². The molecule has 0 atom stereocenters. The van der Waals surface area contributed by atoms with Gasteiger partial charge >= 0.3 is 0 Å². The van der Waals surface area contributed by atoms with Gasteiger partial charge in [-0.3, -0.25) is 14.2 Å². The van der Waals surface area contributed by atoms with Crippen LogP contribution >= 0.6 is 22.9 Å². The van der Waals surface area contributed by atoms with Gasteiger partial charge < -0.3 is 5.32 Å². The maximum Gasteiger partial charge on any atom is 0.261 e. The number of nitrogens with zero attached hydrogens (tertiary/aromatic N) is 3. The minimum atomic E-state index is -0.343. The van der Waals surface area contributed by atoms with E-state index in [1.807, 2.05) is 6.07 Å². The minimum absolute atomic E-state index is 0.132. The van der Waals surface area contributed by atoms with Gasteiger partial charge in [0.15, 0.2) is 5.13 Å². The third-order valence-corrected chi connectivity index (χ3v) is 4.81. The molecule has 0 unspecified atom stereocenters. The van der Waals surface area contributed by atoms with Crippen molar-refractivity contribution in [1.82, 2.24) is 14.5 Å². The fourth-order valence-electron chi connectivity index (χ4n) is 2.48. The third-order valence-electron chi connectivity index (χ3n) is 3.64. The number of nitrogens with one attached hydrogen (secondary N) is 1. The molecule has 2 aromatic heterocycles. The van der Waals surface area contributed by atoms with Crippen LogP contribution in [0.2, 0.25) is 5.02 Å². The number of halogens is 1. The van der Waals surface area contributed by atoms with E-state index in [0.717, 1.165) is 10.2 Å². The highest BCUT2D eigenvalue weighted by Crippen LogP contribution is 2.28. The van der Waals surface area contributed by atoms with E-state index in [1.54, 1.807) is 36.4 Å². The van der Waals surface area contributed by atoms with Gasteiger partial charge in [-0.05, 0) is 30.3 Å². The topological polar surface area (TPSA) is 76.9 Å². The number of para-hydroxylation sites is 1. The standard InChI is InChI=1S/C17H11ClN4O2S/c18-10-5-6-13-14(7-10)25-17(20-13)21-15(23)8-22-9-19-12-4-2-1-3-11(12)16(22)24/h1-7,9H,8H2,(H,20,21,23). The van der Waals surface area contributed by atoms with Gasteiger partial charge in [-0.2, -0.15) is 0 Å². The summed E-state index contributed by atoms with van der Waals surface area (Å²) in [6, 6.07) is 12.4. The minimum Gasteiger partial charge on any atom is -0.300 e. The van der Waals surface area contributed by atoms with Crippen molar-refractivity contribution in [3.05, 3.63) is 64.2 Å². The Labute approximate surface area is 150 Å². The second-order valence-corrected chi connectivity index (χ2v) is 6.84. The number of anilines is 1. The van der Waals surface area contributed by atoms with Crippen LogP contribution in [0.3, 0.4) is 0 Å². The molecule has 0 spiro atoms. The first kappa shape index (κ1) is 15.7. The first-order valence-corrected chi connectivity index (χ1v) is 8.60. The lowest BCUT2D eigenvalue weighted by Gasteiger charge is -2.06. The zero-order valence-electron chi connectivity index (χ0n) is 12.8. The normalized spacial score (nSPS) is 11.1. The summed E-state index contributed by atoms with van der Waals surface area (Å²) in [7, 11) is 0. The first-order valence-electron chi connectivity index (χ1n) is 7.40. The lowest BCUT2D eigenvalue weighted by molar-refractivity contribution is -0.116. The summed E-state index contributed by atoms with van der Waals surface area (Å²) in [5.41, 5.74) is 1.11. The zero-order chi connectivity index (χ0) is 17.4. The average Bonchev–Trinajstić information content (AvgIpc) is 2.98. The number of aromatic nitrogens is 3. The van der Waals surface area contributed by atoms with Crippen LogP contribution in [0.25, 0.3) is 21.1 Å². The number of carbonyl (C=O) groups is 1. The molecule has 0 aliphatic carbocycles. The first-order chi connectivity index (χ1) is 12.1. The van der Waals surface area contributed by atoms with Crippen molar-refractivity contribution in [2.45, 2.75) is 6.54 Å². The molecule has 0 fully saturated rings. The number of amides is 1. The number of benzene rings is 2. The molecule has 1 N–H and O–H groups in total. The Balaban J connectivity index is 1.57. The lowest BCUT2D eigenvalue weighted by Crippen LogP contribution is -2.27. The highest BCUT2D eigenvalue weighted by atomic mass is 35.5. The zero-order valence-corrected chi connectivity index (χ0v) is 14.3. The van der Waals surface area contributed by atoms with Crippen LogP contribution in [-0.2, 0) is 11.3 Å². The van der Waals surface area contributed by atoms with Crippen molar-refractivity contribution in [3.63, 3.8) is 0 Å². The van der Waals surface area contributed by atoms with E-state index in [0.29, 0.717) is 21.1 Å². The molecule has 0 saturated carbocycles. The Bertz CT molecular complexity index is 1170. The second kappa shape index (κ2) is 6.27. The molecule has 8 heteroatoms. The number of thiazole rings is 1. The quantitative estimate of drug-likeness (QED) is 0.600. The van der Waals surface area contributed by atoms with Gasteiger partial charge in [0.1, 0.15) is 6.54 Å². The molecular weight excluding hydrogens is 360 g/mol. The molecule has 25 heavy (non-hydrogen) atoms. The van der Waals surface area contributed by atoms with Crippen molar-refractivity contribution < 1.29 is 4.79 Å². The van der Waals surface area contributed by atoms with Gasteiger partial charge in [0.25, 0.3) is 5.56 Å². The average molecular weight is 371 g/mol. The van der Waals surface area contributed by atoms with Crippen molar-refractivity contribution in [2.75, 3.05) is 5.32 Å². The predicted molar refractivity (Wildman–Crippen MR) is 99.3 cm³/mol. The highest BCUT2D eigenvalue weighted by molar-refractivity contribution is 7.22. The molecule has 0 aliphatic rings. The molecule has 4 rings (SSSR count). The molecule has 0 radical (unpaired) electrons. The monoisotopic (exact) mass is 370 g/mol. The number of hydrogen-bond donors (Lipinski definition) is 1. The molecule has 4 aromatic rings. The fraction of sp³-hybridized carbons (Fsp3) is 0.0588. The third kappa shape index (κ3) is 3.11. The summed E-state index contributed by atoms with van der Waals surface area (Å²) >= 11 is 7.28. The van der Waals surface area contributed by atoms with Crippen LogP contribution in [0.4, 0.5) is 5.13 Å². The number of fused-ring (bicyclic) bond motifs is 2. The molecule has 0 bridgehead atoms. The van der Waals surface area contributed by atoms with Gasteiger partial charge in [-0.1, -0.05) is 35.1 Å². The van der Waals surface area contributed by atoms with Crippen LogP contribution < -0.4 is 10.9 Å². The van der Waals surface area contributed by atoms with Crippen LogP contribution in [0.1, 0.15) is 0 Å². The number of rotatable bonds is 3. The van der Waals surface area contributed by atoms with Gasteiger partial charge in [-0.15, -0.1) is 0 Å². The Kier molecular flexibility index (Phi) is 3.95. The molecule has 2 aromatic carbocycles. The summed E-state index contributed by atoms with van der Waals surface area (Å²) in [5, 5.41) is 4.27. The van der Waals surface area contributed by atoms with Crippen LogP contribution in [0.15, 0.2) is 53.6 Å². The van der Waals surface area contributed by atoms with E-state index in [4.69, 9.17) is 11.6 Å². The summed E-state index contributed by atoms with van der Waals surface area (Å²) < 4.78 is 2.16. The van der Waals surface area contributed by atoms with Crippen molar-refractivity contribution in [3.8, 4) is 0 Å². The molecule has 0 saturated heterocycles. The van der Waals surface area contributed by atoms with E-state index in [9.17, 15) is 9.59 Å². The maximum atomic E-state index is 12.4. The Morgan fingerprint density at radius 1 is 1.20 bits per heavy atom. The molecule has 6 nitrogen and oxygen atoms in total. The molecular formula is C17H11ClN4O2S. The summed E-state index contributed by atoms with van der Waals surface area (Å²) in [6.07, 6.45) is 1.38. The van der Waals surface area contributed by atoms with Crippen LogP contribution in [0, 0.1) is 0 Å². The van der Waals surface area contributed by atoms with Crippen LogP contribution in [-0.4, -0.2) is 20.4 Å². The SMILES string of the molecule is O=C(Cn1cnc2ccccc2c1=O)Nc1nc2ccc(Cl)cc2s1. The van der Waals surface area contributed by atoms with Gasteiger partial charge in [0, 0.05) is 5.02 Å². The Morgan fingerprint density at radius 3 is 2.92 bits per heavy atom. The predicted octanol–water partition coefficient (Wildman–Crippen LogP) is 3.30. The lowest BCUT2D eigenvalue weighted by atomic mass is 10.2. The molecule has 0 aliphatic heterocycles. The van der Waals surface area contributed by atoms with Crippen LogP contribution in [0.5, 0.6) is 0 Å². The van der Waals surface area contributed by atoms with Crippen molar-refractivity contribution in [1.29, 1.82) is 0 Å². The summed E-state index contributed by atoms with van der Waals surface area (Å²) in [4.78, 5) is 33.2. The van der Waals surface area contributed by atoms with Gasteiger partial charge in [-0.25, -0.2) is 9.97 Å². The number of carbonyl (C=O) groups excluding carboxylic acids is 1. The highest BCUT2D eigenvalue weighted by Gasteiger charge is 2.11. The van der Waals surface area contributed by atoms with E-state index < -0.39 is 0 Å². The Morgan fingerprint density at radius 2 is 2.04 bits per heavy atom. The van der Waals surface area contributed by atoms with E-state index in [2.05, 4.69) is 15.3 Å².